The Hall–Kier alpha value is -1.34. The number of fused-ring (bicyclic) bond motifs is 3. The van der Waals surface area contributed by atoms with Crippen LogP contribution >= 0.6 is 23.1 Å². The Kier molecular flexibility index (Phi) is 4.55. The third-order valence-electron chi connectivity index (χ3n) is 5.79. The molecular formula is C20H27N5S2. The standard InChI is InChI=1S/C20H27N5S2/c1-20(2)12-21-19(27-20)25-10-8-24(9-11-25)17-16-14-6-4-3-5-7-15(14)26-18(16)23-13-22-17/h13H,3-12H2,1-2H3. The zero-order chi connectivity index (χ0) is 18.4. The molecule has 0 saturated carbocycles. The molecule has 2 aliphatic heterocycles. The highest BCUT2D eigenvalue weighted by atomic mass is 32.2. The summed E-state index contributed by atoms with van der Waals surface area (Å²) >= 11 is 3.83. The summed E-state index contributed by atoms with van der Waals surface area (Å²) in [6, 6.07) is 0. The molecule has 3 aliphatic rings. The fraction of sp³-hybridized carbons (Fsp3) is 0.650. The van der Waals surface area contributed by atoms with Crippen LogP contribution in [0.15, 0.2) is 11.3 Å². The summed E-state index contributed by atoms with van der Waals surface area (Å²) in [5, 5.41) is 2.58. The van der Waals surface area contributed by atoms with Crippen LogP contribution in [-0.2, 0) is 12.8 Å². The van der Waals surface area contributed by atoms with Crippen LogP contribution in [0.25, 0.3) is 10.2 Å². The van der Waals surface area contributed by atoms with Crippen molar-refractivity contribution in [3.63, 3.8) is 0 Å². The third kappa shape index (κ3) is 3.33. The molecule has 0 N–H and O–H groups in total. The van der Waals surface area contributed by atoms with Crippen molar-refractivity contribution in [1.29, 1.82) is 0 Å². The van der Waals surface area contributed by atoms with Gasteiger partial charge in [0.05, 0.1) is 11.9 Å². The second-order valence-corrected chi connectivity index (χ2v) is 11.1. The summed E-state index contributed by atoms with van der Waals surface area (Å²) < 4.78 is 0.250. The summed E-state index contributed by atoms with van der Waals surface area (Å²) in [5.74, 6) is 1.17. The van der Waals surface area contributed by atoms with E-state index < -0.39 is 0 Å². The van der Waals surface area contributed by atoms with E-state index >= 15 is 0 Å². The molecule has 2 aromatic heterocycles. The lowest BCUT2D eigenvalue weighted by molar-refractivity contribution is 0.391. The lowest BCUT2D eigenvalue weighted by Crippen LogP contribution is -2.48. The molecule has 5 rings (SSSR count). The van der Waals surface area contributed by atoms with Gasteiger partial charge < -0.3 is 9.80 Å². The van der Waals surface area contributed by atoms with Crippen LogP contribution in [0.2, 0.25) is 0 Å². The quantitative estimate of drug-likeness (QED) is 0.677. The van der Waals surface area contributed by atoms with Crippen molar-refractivity contribution in [3.05, 3.63) is 16.8 Å². The molecule has 0 amide bonds. The van der Waals surface area contributed by atoms with Crippen LogP contribution in [0.5, 0.6) is 0 Å². The minimum atomic E-state index is 0.250. The molecule has 0 unspecified atom stereocenters. The highest BCUT2D eigenvalue weighted by molar-refractivity contribution is 8.15. The highest BCUT2D eigenvalue weighted by Crippen LogP contribution is 2.39. The average molecular weight is 402 g/mol. The number of aliphatic imine (C=N–C) groups is 1. The van der Waals surface area contributed by atoms with Gasteiger partial charge in [-0.3, -0.25) is 4.99 Å². The molecule has 1 fully saturated rings. The minimum Gasteiger partial charge on any atom is -0.352 e. The molecule has 0 spiro atoms. The molecule has 27 heavy (non-hydrogen) atoms. The predicted molar refractivity (Wildman–Crippen MR) is 116 cm³/mol. The van der Waals surface area contributed by atoms with Gasteiger partial charge in [-0.25, -0.2) is 9.97 Å². The smallest absolute Gasteiger partial charge is 0.159 e. The number of rotatable bonds is 1. The van der Waals surface area contributed by atoms with Gasteiger partial charge in [-0.1, -0.05) is 18.2 Å². The van der Waals surface area contributed by atoms with Gasteiger partial charge in [0.2, 0.25) is 0 Å². The minimum absolute atomic E-state index is 0.250. The van der Waals surface area contributed by atoms with Crippen molar-refractivity contribution < 1.29 is 0 Å². The van der Waals surface area contributed by atoms with E-state index in [4.69, 9.17) is 9.98 Å². The molecule has 1 saturated heterocycles. The molecule has 0 bridgehead atoms. The molecule has 2 aromatic rings. The summed E-state index contributed by atoms with van der Waals surface area (Å²) in [4.78, 5) is 21.8. The SMILES string of the molecule is CC1(C)CN=C(N2CCN(c3ncnc4sc5c(c34)CCCCC5)CC2)S1. The molecule has 0 radical (unpaired) electrons. The average Bonchev–Trinajstić information content (AvgIpc) is 3.12. The number of aryl methyl sites for hydroxylation is 2. The van der Waals surface area contributed by atoms with Crippen molar-refractivity contribution in [2.75, 3.05) is 37.6 Å². The maximum absolute atomic E-state index is 4.78. The van der Waals surface area contributed by atoms with E-state index in [0.29, 0.717) is 0 Å². The summed E-state index contributed by atoms with van der Waals surface area (Å²) in [6.07, 6.45) is 8.14. The van der Waals surface area contributed by atoms with Gasteiger partial charge in [-0.05, 0) is 45.1 Å². The van der Waals surface area contributed by atoms with Crippen molar-refractivity contribution in [1.82, 2.24) is 14.9 Å². The molecule has 5 nitrogen and oxygen atoms in total. The molecule has 0 atom stereocenters. The number of anilines is 1. The van der Waals surface area contributed by atoms with E-state index in [0.717, 1.165) is 32.7 Å². The maximum Gasteiger partial charge on any atom is 0.159 e. The first-order valence-electron chi connectivity index (χ1n) is 10.1. The van der Waals surface area contributed by atoms with Crippen LogP contribution in [0.1, 0.15) is 43.6 Å². The van der Waals surface area contributed by atoms with Crippen LogP contribution in [0, 0.1) is 0 Å². The van der Waals surface area contributed by atoms with Crippen molar-refractivity contribution >= 4 is 44.3 Å². The Labute approximate surface area is 169 Å². The normalized spacial score (nSPS) is 22.7. The first kappa shape index (κ1) is 17.7. The molecule has 4 heterocycles. The van der Waals surface area contributed by atoms with E-state index in [2.05, 4.69) is 28.6 Å². The van der Waals surface area contributed by atoms with E-state index in [1.807, 2.05) is 23.1 Å². The van der Waals surface area contributed by atoms with E-state index in [-0.39, 0.29) is 4.75 Å². The number of hydrogen-bond acceptors (Lipinski definition) is 7. The van der Waals surface area contributed by atoms with Crippen LogP contribution in [0.4, 0.5) is 5.82 Å². The van der Waals surface area contributed by atoms with Gasteiger partial charge in [0, 0.05) is 35.8 Å². The van der Waals surface area contributed by atoms with Gasteiger partial charge in [-0.2, -0.15) is 0 Å². The predicted octanol–water partition coefficient (Wildman–Crippen LogP) is 3.96. The number of thiophene rings is 1. The highest BCUT2D eigenvalue weighted by Gasteiger charge is 2.32. The number of amidine groups is 1. The number of aromatic nitrogens is 2. The topological polar surface area (TPSA) is 44.6 Å². The van der Waals surface area contributed by atoms with Gasteiger partial charge in [0.1, 0.15) is 17.0 Å². The van der Waals surface area contributed by atoms with Crippen molar-refractivity contribution in [2.24, 2.45) is 4.99 Å². The Balaban J connectivity index is 1.38. The Bertz CT molecular complexity index is 880. The second-order valence-electron chi connectivity index (χ2n) is 8.38. The number of hydrogen-bond donors (Lipinski definition) is 0. The van der Waals surface area contributed by atoms with Crippen molar-refractivity contribution in [2.45, 2.75) is 50.7 Å². The van der Waals surface area contributed by atoms with Gasteiger partial charge in [0.15, 0.2) is 5.17 Å². The zero-order valence-electron chi connectivity index (χ0n) is 16.2. The van der Waals surface area contributed by atoms with Gasteiger partial charge in [0.25, 0.3) is 0 Å². The van der Waals surface area contributed by atoms with Crippen LogP contribution < -0.4 is 4.90 Å². The van der Waals surface area contributed by atoms with E-state index in [1.54, 1.807) is 16.8 Å². The summed E-state index contributed by atoms with van der Waals surface area (Å²) in [5.41, 5.74) is 1.54. The lowest BCUT2D eigenvalue weighted by Gasteiger charge is -2.36. The Morgan fingerprint density at radius 1 is 0.963 bits per heavy atom. The van der Waals surface area contributed by atoms with Gasteiger partial charge >= 0.3 is 0 Å². The number of nitrogens with zero attached hydrogens (tertiary/aromatic N) is 5. The first-order chi connectivity index (χ1) is 13.1. The van der Waals surface area contributed by atoms with Crippen LogP contribution in [-0.4, -0.2) is 57.5 Å². The molecule has 7 heteroatoms. The molecular weight excluding hydrogens is 374 g/mol. The van der Waals surface area contributed by atoms with E-state index in [9.17, 15) is 0 Å². The van der Waals surface area contributed by atoms with Crippen molar-refractivity contribution in [3.8, 4) is 0 Å². The maximum atomic E-state index is 4.78. The zero-order valence-corrected chi connectivity index (χ0v) is 17.8. The molecule has 144 valence electrons. The fourth-order valence-corrected chi connectivity index (χ4v) is 6.62. The Morgan fingerprint density at radius 2 is 1.74 bits per heavy atom. The molecule has 1 aliphatic carbocycles. The third-order valence-corrected chi connectivity index (χ3v) is 8.25. The summed E-state index contributed by atoms with van der Waals surface area (Å²) in [7, 11) is 0. The summed E-state index contributed by atoms with van der Waals surface area (Å²) in [6.45, 7) is 9.57. The second kappa shape index (κ2) is 6.92. The number of thioether (sulfide) groups is 1. The Morgan fingerprint density at radius 3 is 2.52 bits per heavy atom. The lowest BCUT2D eigenvalue weighted by atomic mass is 10.1. The monoisotopic (exact) mass is 401 g/mol. The number of piperazine rings is 1. The van der Waals surface area contributed by atoms with Gasteiger partial charge in [-0.15, -0.1) is 11.3 Å². The molecule has 0 aromatic carbocycles. The van der Waals surface area contributed by atoms with Crippen LogP contribution in [0.3, 0.4) is 0 Å². The first-order valence-corrected chi connectivity index (χ1v) is 11.7. The fourth-order valence-electron chi connectivity index (χ4n) is 4.33. The van der Waals surface area contributed by atoms with E-state index in [1.165, 1.54) is 53.3 Å². The largest absolute Gasteiger partial charge is 0.352 e.